The molecule has 0 amide bonds. The Morgan fingerprint density at radius 1 is 1.78 bits per heavy atom. The average Bonchev–Trinajstić information content (AvgIpc) is 2.15. The van der Waals surface area contributed by atoms with Crippen LogP contribution in [0.25, 0.3) is 0 Å². The second kappa shape index (κ2) is 2.95. The van der Waals surface area contributed by atoms with Crippen LogP contribution in [-0.2, 0) is 11.3 Å². The highest BCUT2D eigenvalue weighted by molar-refractivity contribution is 7.80. The van der Waals surface area contributed by atoms with Crippen LogP contribution >= 0.6 is 11.3 Å². The van der Waals surface area contributed by atoms with Crippen LogP contribution in [0.2, 0.25) is 0 Å². The van der Waals surface area contributed by atoms with Crippen molar-refractivity contribution in [3.8, 4) is 0 Å². The highest BCUT2D eigenvalue weighted by Gasteiger charge is 1.86. The van der Waals surface area contributed by atoms with Gasteiger partial charge < -0.3 is 9.27 Å². The molecule has 0 saturated heterocycles. The summed E-state index contributed by atoms with van der Waals surface area (Å²) in [4.78, 5) is 0. The largest absolute Gasteiger partial charge is 0.755 e. The maximum atomic E-state index is 9.96. The third kappa shape index (κ3) is 2.13. The van der Waals surface area contributed by atoms with Gasteiger partial charge in [0.25, 0.3) is 0 Å². The van der Waals surface area contributed by atoms with Gasteiger partial charge in [-0.2, -0.15) is 11.3 Å². The molecule has 50 valence electrons. The van der Waals surface area contributed by atoms with Crippen LogP contribution in [0.1, 0.15) is 0 Å². The number of nitrogens with one attached hydrogen (secondary N) is 1. The Hall–Kier alpha value is -0.390. The molecule has 1 unspecified atom stereocenters. The van der Waals surface area contributed by atoms with E-state index >= 15 is 0 Å². The predicted molar refractivity (Wildman–Crippen MR) is 36.9 cm³/mol. The van der Waals surface area contributed by atoms with Gasteiger partial charge in [0.05, 0.1) is 5.69 Å². The van der Waals surface area contributed by atoms with E-state index in [9.17, 15) is 8.76 Å². The molecule has 1 heterocycles. The molecule has 0 aromatic carbocycles. The first kappa shape index (κ1) is 6.73. The normalized spacial score (nSPS) is 13.0. The van der Waals surface area contributed by atoms with Crippen molar-refractivity contribution in [2.45, 2.75) is 0 Å². The van der Waals surface area contributed by atoms with Crippen molar-refractivity contribution in [3.05, 3.63) is 16.8 Å². The number of hydrogen-bond acceptors (Lipinski definition) is 3. The van der Waals surface area contributed by atoms with Crippen LogP contribution in [0.5, 0.6) is 0 Å². The van der Waals surface area contributed by atoms with Crippen molar-refractivity contribution in [1.82, 2.24) is 0 Å². The lowest BCUT2D eigenvalue weighted by molar-refractivity contribution is 0.542. The summed E-state index contributed by atoms with van der Waals surface area (Å²) in [6, 6.07) is 1.69. The van der Waals surface area contributed by atoms with E-state index in [2.05, 4.69) is 4.72 Å². The summed E-state index contributed by atoms with van der Waals surface area (Å²) in [5.41, 5.74) is 0.619. The van der Waals surface area contributed by atoms with Gasteiger partial charge in [0.1, 0.15) is 0 Å². The fraction of sp³-hybridized carbons (Fsp3) is 0. The fourth-order valence-corrected chi connectivity index (χ4v) is 1.40. The van der Waals surface area contributed by atoms with Gasteiger partial charge in [0, 0.05) is 16.6 Å². The minimum Gasteiger partial charge on any atom is -0.755 e. The zero-order valence-electron chi connectivity index (χ0n) is 4.37. The van der Waals surface area contributed by atoms with Crippen LogP contribution in [0.15, 0.2) is 16.8 Å². The molecule has 5 heteroatoms. The molecule has 3 nitrogen and oxygen atoms in total. The van der Waals surface area contributed by atoms with Gasteiger partial charge in [-0.1, -0.05) is 0 Å². The Balaban J connectivity index is 2.58. The van der Waals surface area contributed by atoms with Gasteiger partial charge in [0.2, 0.25) is 0 Å². The van der Waals surface area contributed by atoms with E-state index < -0.39 is 11.3 Å². The lowest BCUT2D eigenvalue weighted by atomic mass is 10.6. The maximum absolute atomic E-state index is 9.96. The molecule has 0 radical (unpaired) electrons. The molecule has 1 aromatic rings. The highest BCUT2D eigenvalue weighted by Crippen LogP contribution is 2.11. The number of thiophene rings is 1. The molecule has 1 N–H and O–H groups in total. The van der Waals surface area contributed by atoms with Crippen LogP contribution in [0.4, 0.5) is 5.69 Å². The van der Waals surface area contributed by atoms with Crippen molar-refractivity contribution in [2.24, 2.45) is 0 Å². The van der Waals surface area contributed by atoms with Crippen molar-refractivity contribution in [1.29, 1.82) is 0 Å². The first-order chi connectivity index (χ1) is 4.29. The Bertz CT molecular complexity index is 196. The Kier molecular flexibility index (Phi) is 2.21. The summed E-state index contributed by atoms with van der Waals surface area (Å²) >= 11 is -0.743. The van der Waals surface area contributed by atoms with E-state index in [4.69, 9.17) is 0 Å². The van der Waals surface area contributed by atoms with Crippen molar-refractivity contribution in [3.63, 3.8) is 0 Å². The van der Waals surface area contributed by atoms with E-state index in [1.54, 1.807) is 16.8 Å². The van der Waals surface area contributed by atoms with Gasteiger partial charge in [-0.3, -0.25) is 4.21 Å². The molecule has 0 spiro atoms. The third-order valence-corrected chi connectivity index (χ3v) is 1.81. The molecule has 1 atom stereocenters. The van der Waals surface area contributed by atoms with Crippen LogP contribution in [0, 0.1) is 0 Å². The van der Waals surface area contributed by atoms with E-state index in [-0.39, 0.29) is 0 Å². The molecule has 0 saturated carbocycles. The van der Waals surface area contributed by atoms with Gasteiger partial charge in [-0.15, -0.1) is 0 Å². The molecule has 1 aromatic heterocycles. The highest BCUT2D eigenvalue weighted by atomic mass is 32.2. The first-order valence-electron chi connectivity index (χ1n) is 2.17. The van der Waals surface area contributed by atoms with E-state index in [0.29, 0.717) is 5.69 Å². The van der Waals surface area contributed by atoms with Crippen LogP contribution in [-0.4, -0.2) is 8.76 Å². The monoisotopic (exact) mass is 162 g/mol. The molecular formula is C4H4NO2S2-. The minimum atomic E-state index is -2.19. The molecule has 0 aliphatic carbocycles. The van der Waals surface area contributed by atoms with Gasteiger partial charge in [-0.05, 0) is 11.4 Å². The van der Waals surface area contributed by atoms with Gasteiger partial charge in [0.15, 0.2) is 0 Å². The standard InChI is InChI=1S/C4H5NO2S2/c6-9(7)5-4-1-2-8-3-4/h1-3,5H,(H,6,7)/p-1. The van der Waals surface area contributed by atoms with Crippen LogP contribution in [0.3, 0.4) is 0 Å². The summed E-state index contributed by atoms with van der Waals surface area (Å²) in [6.45, 7) is 0. The van der Waals surface area contributed by atoms with Crippen molar-refractivity contribution >= 4 is 28.3 Å². The quantitative estimate of drug-likeness (QED) is 0.658. The summed E-state index contributed by atoms with van der Waals surface area (Å²) in [5.74, 6) is 0. The zero-order chi connectivity index (χ0) is 6.69. The van der Waals surface area contributed by atoms with Gasteiger partial charge in [-0.25, -0.2) is 0 Å². The van der Waals surface area contributed by atoms with Crippen LogP contribution < -0.4 is 4.72 Å². The summed E-state index contributed by atoms with van der Waals surface area (Å²) in [5, 5.41) is 3.52. The second-order valence-electron chi connectivity index (χ2n) is 1.35. The Morgan fingerprint density at radius 3 is 3.00 bits per heavy atom. The lowest BCUT2D eigenvalue weighted by Gasteiger charge is -2.04. The fourth-order valence-electron chi connectivity index (χ4n) is 0.419. The zero-order valence-corrected chi connectivity index (χ0v) is 6.00. The summed E-state index contributed by atoms with van der Waals surface area (Å²) < 4.78 is 22.1. The predicted octanol–water partition coefficient (Wildman–Crippen LogP) is 0.954. The Morgan fingerprint density at radius 2 is 2.56 bits per heavy atom. The van der Waals surface area contributed by atoms with E-state index in [1.165, 1.54) is 11.3 Å². The summed E-state index contributed by atoms with van der Waals surface area (Å²) in [7, 11) is 0. The second-order valence-corrected chi connectivity index (χ2v) is 2.80. The summed E-state index contributed by atoms with van der Waals surface area (Å²) in [6.07, 6.45) is 0. The minimum absolute atomic E-state index is 0.619. The number of hydrogen-bond donors (Lipinski definition) is 1. The molecule has 0 fully saturated rings. The topological polar surface area (TPSA) is 52.2 Å². The molecule has 0 bridgehead atoms. The lowest BCUT2D eigenvalue weighted by Crippen LogP contribution is -2.00. The van der Waals surface area contributed by atoms with Gasteiger partial charge >= 0.3 is 0 Å². The molecule has 9 heavy (non-hydrogen) atoms. The first-order valence-corrected chi connectivity index (χ1v) is 4.19. The van der Waals surface area contributed by atoms with E-state index in [1.807, 2.05) is 0 Å². The molecule has 0 aliphatic rings. The maximum Gasteiger partial charge on any atom is 0.0559 e. The van der Waals surface area contributed by atoms with Crippen molar-refractivity contribution < 1.29 is 8.76 Å². The van der Waals surface area contributed by atoms with E-state index in [0.717, 1.165) is 0 Å². The third-order valence-electron chi connectivity index (χ3n) is 0.722. The smallest absolute Gasteiger partial charge is 0.0559 e. The molecule has 1 rings (SSSR count). The molecular weight excluding hydrogens is 158 g/mol. The molecule has 0 aliphatic heterocycles. The Labute approximate surface area is 59.1 Å². The number of rotatable bonds is 2. The average molecular weight is 162 g/mol. The number of anilines is 1. The van der Waals surface area contributed by atoms with Crippen molar-refractivity contribution in [2.75, 3.05) is 4.72 Å². The SMILES string of the molecule is O=S([O-])Nc1ccsc1.